The number of aromatic hydroxyl groups is 1. The van der Waals surface area contributed by atoms with Gasteiger partial charge in [0.25, 0.3) is 0 Å². The first kappa shape index (κ1) is 18.2. The van der Waals surface area contributed by atoms with Crippen LogP contribution in [0.15, 0.2) is 57.7 Å². The Bertz CT molecular complexity index is 942. The van der Waals surface area contributed by atoms with Crippen LogP contribution in [0.5, 0.6) is 5.75 Å². The van der Waals surface area contributed by atoms with Crippen LogP contribution < -0.4 is 10.9 Å². The van der Waals surface area contributed by atoms with Gasteiger partial charge >= 0.3 is 5.63 Å². The second-order valence-electron chi connectivity index (χ2n) is 7.34. The van der Waals surface area contributed by atoms with Crippen molar-refractivity contribution in [2.75, 3.05) is 0 Å². The quantitative estimate of drug-likeness (QED) is 0.667. The molecule has 1 atom stereocenters. The van der Waals surface area contributed by atoms with E-state index in [4.69, 9.17) is 4.42 Å². The molecule has 0 aliphatic rings. The average Bonchev–Trinajstić information content (AvgIpc) is 2.59. The van der Waals surface area contributed by atoms with E-state index in [-0.39, 0.29) is 11.8 Å². The Morgan fingerprint density at radius 3 is 2.46 bits per heavy atom. The maximum absolute atomic E-state index is 11.8. The van der Waals surface area contributed by atoms with Crippen LogP contribution in [-0.4, -0.2) is 5.11 Å². The van der Waals surface area contributed by atoms with Crippen molar-refractivity contribution < 1.29 is 14.8 Å². The number of phenolic OH excluding ortho intramolecular Hbond substituents is 1. The van der Waals surface area contributed by atoms with Crippen molar-refractivity contribution in [1.29, 1.82) is 0 Å². The first-order valence-corrected chi connectivity index (χ1v) is 9.10. The molecule has 0 saturated carbocycles. The molecule has 136 valence electrons. The van der Waals surface area contributed by atoms with Crippen molar-refractivity contribution >= 4 is 11.0 Å². The van der Waals surface area contributed by atoms with Gasteiger partial charge in [0.15, 0.2) is 0 Å². The lowest BCUT2D eigenvalue weighted by atomic mass is 10.00. The highest BCUT2D eigenvalue weighted by Crippen LogP contribution is 2.21. The van der Waals surface area contributed by atoms with E-state index in [1.54, 1.807) is 12.1 Å². The van der Waals surface area contributed by atoms with E-state index < -0.39 is 5.63 Å². The van der Waals surface area contributed by atoms with E-state index >= 15 is 0 Å². The van der Waals surface area contributed by atoms with Gasteiger partial charge in [-0.25, -0.2) is 4.79 Å². The van der Waals surface area contributed by atoms with Crippen molar-refractivity contribution in [3.05, 3.63) is 75.6 Å². The number of quaternary nitrogens is 1. The second kappa shape index (κ2) is 7.75. The van der Waals surface area contributed by atoms with Gasteiger partial charge in [0.1, 0.15) is 23.9 Å². The van der Waals surface area contributed by atoms with Crippen molar-refractivity contribution in [2.45, 2.75) is 39.8 Å². The molecule has 4 heteroatoms. The molecule has 26 heavy (non-hydrogen) atoms. The summed E-state index contributed by atoms with van der Waals surface area (Å²) in [5, 5.41) is 12.7. The van der Waals surface area contributed by atoms with Gasteiger partial charge in [0, 0.05) is 28.6 Å². The third-order valence-corrected chi connectivity index (χ3v) is 4.65. The minimum Gasteiger partial charge on any atom is -0.508 e. The minimum atomic E-state index is -0.391. The zero-order chi connectivity index (χ0) is 18.7. The Labute approximate surface area is 153 Å². The minimum absolute atomic E-state index is 0.0941. The summed E-state index contributed by atoms with van der Waals surface area (Å²) < 4.78 is 5.19. The van der Waals surface area contributed by atoms with Crippen LogP contribution in [0.1, 0.15) is 43.5 Å². The maximum Gasteiger partial charge on any atom is 0.336 e. The predicted molar refractivity (Wildman–Crippen MR) is 103 cm³/mol. The monoisotopic (exact) mass is 352 g/mol. The number of fused-ring (bicyclic) bond motifs is 1. The van der Waals surface area contributed by atoms with E-state index in [2.05, 4.69) is 50.4 Å². The molecule has 0 aliphatic carbocycles. The van der Waals surface area contributed by atoms with Gasteiger partial charge in [-0.1, -0.05) is 38.1 Å². The zero-order valence-electron chi connectivity index (χ0n) is 15.5. The van der Waals surface area contributed by atoms with Crippen LogP contribution in [0.2, 0.25) is 0 Å². The van der Waals surface area contributed by atoms with E-state index in [1.165, 1.54) is 23.3 Å². The standard InChI is InChI=1S/C22H25NO3/c1-14(2)10-16-4-6-17(7-5-16)15(3)23-13-18-11-22(25)26-21-12-19(24)8-9-20(18)21/h4-9,11-12,14-15,23-24H,10,13H2,1-3H3/p+1/t15-/m1/s1. The number of benzene rings is 2. The van der Waals surface area contributed by atoms with Crippen LogP contribution in [-0.2, 0) is 13.0 Å². The summed E-state index contributed by atoms with van der Waals surface area (Å²) >= 11 is 0. The van der Waals surface area contributed by atoms with Gasteiger partial charge < -0.3 is 14.8 Å². The molecule has 0 aliphatic heterocycles. The third-order valence-electron chi connectivity index (χ3n) is 4.65. The molecular formula is C22H26NO3+. The first-order chi connectivity index (χ1) is 12.4. The lowest BCUT2D eigenvalue weighted by Gasteiger charge is -2.13. The number of hydrogen-bond donors (Lipinski definition) is 2. The molecule has 0 unspecified atom stereocenters. The Morgan fingerprint density at radius 2 is 1.77 bits per heavy atom. The molecule has 2 aromatic carbocycles. The first-order valence-electron chi connectivity index (χ1n) is 9.10. The van der Waals surface area contributed by atoms with Crippen LogP contribution in [0.3, 0.4) is 0 Å². The molecule has 0 amide bonds. The highest BCUT2D eigenvalue weighted by molar-refractivity contribution is 5.81. The number of hydrogen-bond acceptors (Lipinski definition) is 3. The lowest BCUT2D eigenvalue weighted by molar-refractivity contribution is -0.707. The smallest absolute Gasteiger partial charge is 0.336 e. The van der Waals surface area contributed by atoms with E-state index in [9.17, 15) is 9.90 Å². The average molecular weight is 352 g/mol. The summed E-state index contributed by atoms with van der Waals surface area (Å²) in [6.07, 6.45) is 1.09. The summed E-state index contributed by atoms with van der Waals surface area (Å²) in [5.74, 6) is 0.749. The topological polar surface area (TPSA) is 67.0 Å². The summed E-state index contributed by atoms with van der Waals surface area (Å²) in [7, 11) is 0. The number of phenols is 1. The largest absolute Gasteiger partial charge is 0.508 e. The van der Waals surface area contributed by atoms with Crippen molar-refractivity contribution in [3.8, 4) is 5.75 Å². The van der Waals surface area contributed by atoms with Gasteiger partial charge in [0.05, 0.1) is 0 Å². The molecule has 0 bridgehead atoms. The molecule has 3 rings (SSSR count). The molecule has 1 heterocycles. The van der Waals surface area contributed by atoms with Crippen LogP contribution in [0, 0.1) is 5.92 Å². The Hall–Kier alpha value is -2.59. The molecule has 0 radical (unpaired) electrons. The van der Waals surface area contributed by atoms with E-state index in [0.717, 1.165) is 17.4 Å². The molecular weight excluding hydrogens is 326 g/mol. The van der Waals surface area contributed by atoms with Gasteiger partial charge in [-0.3, -0.25) is 0 Å². The second-order valence-corrected chi connectivity index (χ2v) is 7.34. The summed E-state index contributed by atoms with van der Waals surface area (Å²) in [4.78, 5) is 11.8. The fourth-order valence-electron chi connectivity index (χ4n) is 3.26. The van der Waals surface area contributed by atoms with Crippen LogP contribution in [0.4, 0.5) is 0 Å². The van der Waals surface area contributed by atoms with Gasteiger partial charge in [-0.2, -0.15) is 0 Å². The molecule has 4 nitrogen and oxygen atoms in total. The van der Waals surface area contributed by atoms with Gasteiger partial charge in [-0.15, -0.1) is 0 Å². The van der Waals surface area contributed by atoms with Gasteiger partial charge in [0.2, 0.25) is 0 Å². The van der Waals surface area contributed by atoms with Crippen molar-refractivity contribution in [2.24, 2.45) is 5.92 Å². The van der Waals surface area contributed by atoms with Gasteiger partial charge in [-0.05, 0) is 37.0 Å². The molecule has 0 spiro atoms. The predicted octanol–water partition coefficient (Wildman–Crippen LogP) is 3.52. The summed E-state index contributed by atoms with van der Waals surface area (Å²) in [6, 6.07) is 15.5. The number of nitrogens with two attached hydrogens (primary N) is 1. The Balaban J connectivity index is 1.74. The maximum atomic E-state index is 11.8. The molecule has 3 N–H and O–H groups in total. The normalized spacial score (nSPS) is 12.6. The molecule has 0 saturated heterocycles. The zero-order valence-corrected chi connectivity index (χ0v) is 15.5. The fourth-order valence-corrected chi connectivity index (χ4v) is 3.26. The third kappa shape index (κ3) is 4.33. The fraction of sp³-hybridized carbons (Fsp3) is 0.318. The SMILES string of the molecule is CC(C)Cc1ccc([C@@H](C)[NH2+]Cc2cc(=O)oc3cc(O)ccc23)cc1. The van der Waals surface area contributed by atoms with E-state index in [1.807, 2.05) is 0 Å². The molecule has 3 aromatic rings. The van der Waals surface area contributed by atoms with Crippen LogP contribution >= 0.6 is 0 Å². The molecule has 1 aromatic heterocycles. The highest BCUT2D eigenvalue weighted by atomic mass is 16.4. The Morgan fingerprint density at radius 1 is 1.04 bits per heavy atom. The van der Waals surface area contributed by atoms with Crippen molar-refractivity contribution in [1.82, 2.24) is 0 Å². The van der Waals surface area contributed by atoms with Crippen molar-refractivity contribution in [3.63, 3.8) is 0 Å². The molecule has 0 fully saturated rings. The highest BCUT2D eigenvalue weighted by Gasteiger charge is 2.12. The summed E-state index contributed by atoms with van der Waals surface area (Å²) in [5.41, 5.74) is 3.58. The lowest BCUT2D eigenvalue weighted by Crippen LogP contribution is -2.83. The Kier molecular flexibility index (Phi) is 5.43. The number of rotatable bonds is 6. The van der Waals surface area contributed by atoms with Crippen LogP contribution in [0.25, 0.3) is 11.0 Å². The summed E-state index contributed by atoms with van der Waals surface area (Å²) in [6.45, 7) is 7.29. The van der Waals surface area contributed by atoms with E-state index in [0.29, 0.717) is 18.0 Å².